The molecule has 1 unspecified atom stereocenters. The molecule has 0 saturated carbocycles. The Balaban J connectivity index is 2.91. The number of hydrogen-bond donors (Lipinski definition) is 2. The summed E-state index contributed by atoms with van der Waals surface area (Å²) in [5.74, 6) is 0.501. The molecule has 1 aromatic carbocycles. The van der Waals surface area contributed by atoms with Gasteiger partial charge in [0.05, 0.1) is 17.2 Å². The Kier molecular flexibility index (Phi) is 5.35. The fourth-order valence-electron chi connectivity index (χ4n) is 1.48. The van der Waals surface area contributed by atoms with Crippen molar-refractivity contribution < 1.29 is 9.84 Å². The van der Waals surface area contributed by atoms with Gasteiger partial charge in [0.2, 0.25) is 0 Å². The molecule has 1 atom stereocenters. The highest BCUT2D eigenvalue weighted by molar-refractivity contribution is 6.37. The molecule has 0 aliphatic rings. The molecule has 0 heterocycles. The molecule has 1 rings (SSSR count). The van der Waals surface area contributed by atoms with E-state index in [0.717, 1.165) is 5.56 Å². The Hall–Kier alpha value is -0.480. The third kappa shape index (κ3) is 3.25. The second-order valence-electron chi connectivity index (χ2n) is 3.58. The van der Waals surface area contributed by atoms with Gasteiger partial charge in [-0.15, -0.1) is 0 Å². The molecule has 5 heteroatoms. The van der Waals surface area contributed by atoms with Crippen molar-refractivity contribution in [2.45, 2.75) is 6.42 Å². The highest BCUT2D eigenvalue weighted by Crippen LogP contribution is 2.34. The van der Waals surface area contributed by atoms with E-state index in [1.165, 1.54) is 7.11 Å². The van der Waals surface area contributed by atoms with Gasteiger partial charge in [0.1, 0.15) is 0 Å². The summed E-state index contributed by atoms with van der Waals surface area (Å²) in [5, 5.41) is 10.00. The maximum atomic E-state index is 9.06. The summed E-state index contributed by atoms with van der Waals surface area (Å²) in [6.07, 6.45) is 0.649. The molecule has 3 nitrogen and oxygen atoms in total. The number of aliphatic hydroxyl groups excluding tert-OH is 1. The van der Waals surface area contributed by atoms with Crippen molar-refractivity contribution in [1.82, 2.24) is 0 Å². The number of halogens is 2. The molecule has 0 aromatic heterocycles. The van der Waals surface area contributed by atoms with Gasteiger partial charge in [-0.1, -0.05) is 23.2 Å². The van der Waals surface area contributed by atoms with Crippen LogP contribution in [-0.4, -0.2) is 25.4 Å². The maximum absolute atomic E-state index is 9.06. The second-order valence-corrected chi connectivity index (χ2v) is 4.40. The largest absolute Gasteiger partial charge is 0.494 e. The van der Waals surface area contributed by atoms with E-state index in [9.17, 15) is 0 Å². The van der Waals surface area contributed by atoms with Gasteiger partial charge in [0.25, 0.3) is 0 Å². The van der Waals surface area contributed by atoms with Crippen molar-refractivity contribution in [1.29, 1.82) is 0 Å². The minimum absolute atomic E-state index is 0.0283. The zero-order valence-corrected chi connectivity index (χ0v) is 10.6. The van der Waals surface area contributed by atoms with Crippen LogP contribution in [0.2, 0.25) is 10.0 Å². The summed E-state index contributed by atoms with van der Waals surface area (Å²) in [5.41, 5.74) is 6.46. The molecule has 0 aliphatic carbocycles. The minimum atomic E-state index is 0.0283. The lowest BCUT2D eigenvalue weighted by atomic mass is 10.0. The van der Waals surface area contributed by atoms with Crippen LogP contribution in [-0.2, 0) is 6.42 Å². The fourth-order valence-corrected chi connectivity index (χ4v) is 2.17. The summed E-state index contributed by atoms with van der Waals surface area (Å²) < 4.78 is 5.05. The van der Waals surface area contributed by atoms with Gasteiger partial charge < -0.3 is 15.6 Å². The summed E-state index contributed by atoms with van der Waals surface area (Å²) in [7, 11) is 1.52. The third-order valence-corrected chi connectivity index (χ3v) is 2.94. The van der Waals surface area contributed by atoms with E-state index in [1.54, 1.807) is 12.1 Å². The minimum Gasteiger partial charge on any atom is -0.494 e. The number of nitrogens with two attached hydrogens (primary N) is 1. The number of rotatable bonds is 5. The molecule has 0 aliphatic heterocycles. The lowest BCUT2D eigenvalue weighted by Gasteiger charge is -2.13. The molecular weight excluding hydrogens is 249 g/mol. The molecule has 0 spiro atoms. The summed E-state index contributed by atoms with van der Waals surface area (Å²) in [6.45, 7) is 0.482. The van der Waals surface area contributed by atoms with Gasteiger partial charge in [-0.05, 0) is 36.6 Å². The average Bonchev–Trinajstić information content (AvgIpc) is 2.25. The van der Waals surface area contributed by atoms with Crippen molar-refractivity contribution in [2.24, 2.45) is 11.7 Å². The fraction of sp³-hybridized carbons (Fsp3) is 0.455. The van der Waals surface area contributed by atoms with Crippen LogP contribution < -0.4 is 10.5 Å². The first kappa shape index (κ1) is 13.6. The predicted octanol–water partition coefficient (Wildman–Crippen LogP) is 2.11. The van der Waals surface area contributed by atoms with Crippen molar-refractivity contribution in [3.8, 4) is 5.75 Å². The Morgan fingerprint density at radius 1 is 1.38 bits per heavy atom. The van der Waals surface area contributed by atoms with Crippen molar-refractivity contribution in [3.05, 3.63) is 27.7 Å². The van der Waals surface area contributed by atoms with Gasteiger partial charge in [-0.25, -0.2) is 0 Å². The molecule has 0 amide bonds. The zero-order chi connectivity index (χ0) is 12.1. The van der Waals surface area contributed by atoms with Crippen LogP contribution in [0.15, 0.2) is 12.1 Å². The van der Waals surface area contributed by atoms with Gasteiger partial charge in [-0.2, -0.15) is 0 Å². The van der Waals surface area contributed by atoms with Crippen LogP contribution in [0.25, 0.3) is 0 Å². The molecular formula is C11H15Cl2NO2. The van der Waals surface area contributed by atoms with E-state index >= 15 is 0 Å². The molecule has 0 saturated heterocycles. The van der Waals surface area contributed by atoms with Gasteiger partial charge in [0, 0.05) is 6.61 Å². The Bertz CT molecular complexity index is 331. The zero-order valence-electron chi connectivity index (χ0n) is 9.04. The molecule has 0 bridgehead atoms. The van der Waals surface area contributed by atoms with Crippen LogP contribution in [0.1, 0.15) is 5.56 Å². The lowest BCUT2D eigenvalue weighted by molar-refractivity contribution is 0.230. The van der Waals surface area contributed by atoms with Crippen molar-refractivity contribution in [3.63, 3.8) is 0 Å². The van der Waals surface area contributed by atoms with Crippen LogP contribution in [0.4, 0.5) is 0 Å². The van der Waals surface area contributed by atoms with E-state index in [0.29, 0.717) is 28.8 Å². The number of ether oxygens (including phenoxy) is 1. The highest BCUT2D eigenvalue weighted by Gasteiger charge is 2.12. The second kappa shape index (κ2) is 6.30. The average molecular weight is 264 g/mol. The molecule has 3 N–H and O–H groups in total. The topological polar surface area (TPSA) is 55.5 Å². The summed E-state index contributed by atoms with van der Waals surface area (Å²) in [4.78, 5) is 0. The monoisotopic (exact) mass is 263 g/mol. The van der Waals surface area contributed by atoms with Crippen LogP contribution in [0.5, 0.6) is 5.75 Å². The van der Waals surface area contributed by atoms with Gasteiger partial charge >= 0.3 is 0 Å². The van der Waals surface area contributed by atoms with Crippen LogP contribution >= 0.6 is 23.2 Å². The quantitative estimate of drug-likeness (QED) is 0.856. The normalized spacial score (nSPS) is 12.6. The van der Waals surface area contributed by atoms with Crippen LogP contribution in [0, 0.1) is 5.92 Å². The first-order chi connectivity index (χ1) is 7.62. The Morgan fingerprint density at radius 3 is 2.31 bits per heavy atom. The first-order valence-electron chi connectivity index (χ1n) is 4.95. The van der Waals surface area contributed by atoms with E-state index in [4.69, 9.17) is 38.8 Å². The Labute approximate surface area is 105 Å². The van der Waals surface area contributed by atoms with Crippen molar-refractivity contribution >= 4 is 23.2 Å². The van der Waals surface area contributed by atoms with Gasteiger partial charge in [-0.3, -0.25) is 0 Å². The lowest BCUT2D eigenvalue weighted by Crippen LogP contribution is -2.20. The number of aliphatic hydroxyl groups is 1. The molecule has 90 valence electrons. The third-order valence-electron chi connectivity index (χ3n) is 2.38. The van der Waals surface area contributed by atoms with Gasteiger partial charge in [0.15, 0.2) is 5.75 Å². The van der Waals surface area contributed by atoms with E-state index in [2.05, 4.69) is 0 Å². The number of hydrogen-bond acceptors (Lipinski definition) is 3. The standard InChI is InChI=1S/C11H15Cl2NO2/c1-16-11-9(12)3-7(4-10(11)13)2-8(5-14)6-15/h3-4,8,15H,2,5-6,14H2,1H3. The summed E-state index contributed by atoms with van der Waals surface area (Å²) in [6, 6.07) is 3.56. The van der Waals surface area contributed by atoms with E-state index in [-0.39, 0.29) is 12.5 Å². The van der Waals surface area contributed by atoms with E-state index in [1.807, 2.05) is 0 Å². The SMILES string of the molecule is COc1c(Cl)cc(CC(CN)CO)cc1Cl. The smallest absolute Gasteiger partial charge is 0.156 e. The molecule has 0 radical (unpaired) electrons. The molecule has 16 heavy (non-hydrogen) atoms. The predicted molar refractivity (Wildman–Crippen MR) is 66.3 cm³/mol. The highest BCUT2D eigenvalue weighted by atomic mass is 35.5. The van der Waals surface area contributed by atoms with Crippen molar-refractivity contribution in [2.75, 3.05) is 20.3 Å². The molecule has 0 fully saturated rings. The Morgan fingerprint density at radius 2 is 1.94 bits per heavy atom. The molecule has 1 aromatic rings. The number of methoxy groups -OCH3 is 1. The first-order valence-corrected chi connectivity index (χ1v) is 5.70. The van der Waals surface area contributed by atoms with E-state index < -0.39 is 0 Å². The van der Waals surface area contributed by atoms with Crippen LogP contribution in [0.3, 0.4) is 0 Å². The number of benzene rings is 1. The maximum Gasteiger partial charge on any atom is 0.156 e. The summed E-state index contributed by atoms with van der Waals surface area (Å²) >= 11 is 12.0.